The molecule has 0 unspecified atom stereocenters. The highest BCUT2D eigenvalue weighted by molar-refractivity contribution is 7.89. The number of ether oxygens (including phenoxy) is 1. The van der Waals surface area contributed by atoms with Crippen LogP contribution in [0.2, 0.25) is 0 Å². The second-order valence-electron chi connectivity index (χ2n) is 4.60. The topological polar surface area (TPSA) is 46.6 Å². The van der Waals surface area contributed by atoms with E-state index in [0.29, 0.717) is 19.0 Å². The summed E-state index contributed by atoms with van der Waals surface area (Å²) < 4.78 is 31.3. The SMILES string of the molecule is CCOCCS(=O)(=O)N(CCCl)C1CCCCC1. The third kappa shape index (κ3) is 5.03. The fraction of sp³-hybridized carbons (Fsp3) is 1.00. The van der Waals surface area contributed by atoms with Crippen LogP contribution in [0.3, 0.4) is 0 Å². The molecule has 18 heavy (non-hydrogen) atoms. The van der Waals surface area contributed by atoms with Crippen molar-refractivity contribution in [2.45, 2.75) is 45.1 Å². The van der Waals surface area contributed by atoms with Crippen molar-refractivity contribution in [1.82, 2.24) is 4.31 Å². The molecule has 0 spiro atoms. The standard InChI is InChI=1S/C12H24ClNO3S/c1-2-17-10-11-18(15,16)14(9-8-13)12-6-4-3-5-7-12/h12H,2-11H2,1H3. The van der Waals surface area contributed by atoms with Crippen molar-refractivity contribution in [3.63, 3.8) is 0 Å². The lowest BCUT2D eigenvalue weighted by Gasteiger charge is -2.33. The van der Waals surface area contributed by atoms with Gasteiger partial charge in [-0.3, -0.25) is 0 Å². The maximum atomic E-state index is 12.3. The number of hydrogen-bond acceptors (Lipinski definition) is 3. The quantitative estimate of drug-likeness (QED) is 0.510. The van der Waals surface area contributed by atoms with Crippen molar-refractivity contribution in [3.05, 3.63) is 0 Å². The average molecular weight is 298 g/mol. The predicted octanol–water partition coefficient (Wildman–Crippen LogP) is 2.23. The summed E-state index contributed by atoms with van der Waals surface area (Å²) in [7, 11) is -3.23. The molecule has 0 aromatic rings. The average Bonchev–Trinajstić information content (AvgIpc) is 2.37. The van der Waals surface area contributed by atoms with Crippen LogP contribution in [0.1, 0.15) is 39.0 Å². The summed E-state index contributed by atoms with van der Waals surface area (Å²) >= 11 is 5.75. The van der Waals surface area contributed by atoms with E-state index in [4.69, 9.17) is 16.3 Å². The molecular weight excluding hydrogens is 274 g/mol. The van der Waals surface area contributed by atoms with Crippen LogP contribution in [0.25, 0.3) is 0 Å². The Morgan fingerprint density at radius 2 is 1.94 bits per heavy atom. The Morgan fingerprint density at radius 1 is 1.28 bits per heavy atom. The second-order valence-corrected chi connectivity index (χ2v) is 7.02. The molecule has 0 N–H and O–H groups in total. The first-order chi connectivity index (χ1) is 8.61. The molecule has 0 atom stereocenters. The maximum Gasteiger partial charge on any atom is 0.216 e. The number of nitrogens with zero attached hydrogens (tertiary/aromatic N) is 1. The lowest BCUT2D eigenvalue weighted by molar-refractivity contribution is 0.161. The Bertz CT molecular complexity index is 315. The number of hydrogen-bond donors (Lipinski definition) is 0. The van der Waals surface area contributed by atoms with Crippen LogP contribution in [0, 0.1) is 0 Å². The van der Waals surface area contributed by atoms with Crippen LogP contribution >= 0.6 is 11.6 Å². The van der Waals surface area contributed by atoms with Gasteiger partial charge in [-0.1, -0.05) is 19.3 Å². The van der Waals surface area contributed by atoms with Crippen LogP contribution in [-0.2, 0) is 14.8 Å². The Labute approximate surface area is 116 Å². The Morgan fingerprint density at radius 3 is 2.50 bits per heavy atom. The van der Waals surface area contributed by atoms with Crippen molar-refractivity contribution >= 4 is 21.6 Å². The van der Waals surface area contributed by atoms with Crippen LogP contribution in [0.15, 0.2) is 0 Å². The van der Waals surface area contributed by atoms with E-state index in [-0.39, 0.29) is 18.4 Å². The summed E-state index contributed by atoms with van der Waals surface area (Å²) in [5.41, 5.74) is 0. The van der Waals surface area contributed by atoms with Gasteiger partial charge >= 0.3 is 0 Å². The number of halogens is 1. The van der Waals surface area contributed by atoms with Crippen LogP contribution < -0.4 is 0 Å². The summed E-state index contributed by atoms with van der Waals surface area (Å²) in [4.78, 5) is 0. The fourth-order valence-electron chi connectivity index (χ4n) is 2.43. The predicted molar refractivity (Wildman–Crippen MR) is 74.6 cm³/mol. The Balaban J connectivity index is 2.63. The third-order valence-electron chi connectivity index (χ3n) is 3.33. The summed E-state index contributed by atoms with van der Waals surface area (Å²) in [5.74, 6) is 0.415. The molecule has 1 aliphatic carbocycles. The summed E-state index contributed by atoms with van der Waals surface area (Å²) in [5, 5.41) is 0. The smallest absolute Gasteiger partial charge is 0.216 e. The van der Waals surface area contributed by atoms with Gasteiger partial charge in [0.25, 0.3) is 0 Å². The molecule has 0 heterocycles. The van der Waals surface area contributed by atoms with Crippen molar-refractivity contribution in [1.29, 1.82) is 0 Å². The minimum Gasteiger partial charge on any atom is -0.381 e. The molecule has 0 amide bonds. The first-order valence-corrected chi connectivity index (χ1v) is 8.89. The van der Waals surface area contributed by atoms with E-state index in [2.05, 4.69) is 0 Å². The first-order valence-electron chi connectivity index (χ1n) is 6.75. The molecule has 0 bridgehead atoms. The molecule has 1 fully saturated rings. The number of alkyl halides is 1. The van der Waals surface area contributed by atoms with Gasteiger partial charge in [0, 0.05) is 25.1 Å². The number of sulfonamides is 1. The van der Waals surface area contributed by atoms with Crippen molar-refractivity contribution < 1.29 is 13.2 Å². The van der Waals surface area contributed by atoms with Crippen molar-refractivity contribution in [3.8, 4) is 0 Å². The molecule has 1 rings (SSSR count). The molecule has 4 nitrogen and oxygen atoms in total. The normalized spacial score (nSPS) is 18.4. The summed E-state index contributed by atoms with van der Waals surface area (Å²) in [6.45, 7) is 3.10. The van der Waals surface area contributed by atoms with E-state index >= 15 is 0 Å². The zero-order valence-electron chi connectivity index (χ0n) is 11.1. The van der Waals surface area contributed by atoms with Gasteiger partial charge in [-0.2, -0.15) is 4.31 Å². The molecule has 6 heteroatoms. The molecule has 0 aliphatic heterocycles. The van der Waals surface area contributed by atoms with Crippen LogP contribution in [0.5, 0.6) is 0 Å². The van der Waals surface area contributed by atoms with E-state index in [1.807, 2.05) is 6.92 Å². The van der Waals surface area contributed by atoms with E-state index in [1.54, 1.807) is 4.31 Å². The molecular formula is C12H24ClNO3S. The summed E-state index contributed by atoms with van der Waals surface area (Å²) in [6, 6.07) is 0.143. The van der Waals surface area contributed by atoms with Gasteiger partial charge in [-0.15, -0.1) is 11.6 Å². The monoisotopic (exact) mass is 297 g/mol. The van der Waals surface area contributed by atoms with Crippen molar-refractivity contribution in [2.24, 2.45) is 0 Å². The van der Waals surface area contributed by atoms with Gasteiger partial charge in [0.1, 0.15) is 0 Å². The minimum atomic E-state index is -3.23. The highest BCUT2D eigenvalue weighted by Crippen LogP contribution is 2.24. The Kier molecular flexibility index (Phi) is 7.53. The highest BCUT2D eigenvalue weighted by Gasteiger charge is 2.30. The first kappa shape index (κ1) is 16.2. The van der Waals surface area contributed by atoms with Crippen LogP contribution in [0.4, 0.5) is 0 Å². The molecule has 1 saturated carbocycles. The van der Waals surface area contributed by atoms with Gasteiger partial charge in [0.2, 0.25) is 10.0 Å². The molecule has 0 aromatic carbocycles. The third-order valence-corrected chi connectivity index (χ3v) is 5.38. The van der Waals surface area contributed by atoms with E-state index in [1.165, 1.54) is 6.42 Å². The zero-order chi connectivity index (χ0) is 13.4. The van der Waals surface area contributed by atoms with Gasteiger partial charge in [-0.25, -0.2) is 8.42 Å². The van der Waals surface area contributed by atoms with Gasteiger partial charge in [-0.05, 0) is 19.8 Å². The molecule has 0 saturated heterocycles. The van der Waals surface area contributed by atoms with E-state index in [9.17, 15) is 8.42 Å². The lowest BCUT2D eigenvalue weighted by atomic mass is 9.95. The lowest BCUT2D eigenvalue weighted by Crippen LogP contribution is -2.44. The van der Waals surface area contributed by atoms with Gasteiger partial charge in [0.15, 0.2) is 0 Å². The number of rotatable bonds is 8. The van der Waals surface area contributed by atoms with Gasteiger partial charge < -0.3 is 4.74 Å². The largest absolute Gasteiger partial charge is 0.381 e. The van der Waals surface area contributed by atoms with Crippen LogP contribution in [-0.4, -0.2) is 50.2 Å². The molecule has 0 aromatic heterocycles. The van der Waals surface area contributed by atoms with Gasteiger partial charge in [0.05, 0.1) is 12.4 Å². The minimum absolute atomic E-state index is 0.0637. The molecule has 108 valence electrons. The maximum absolute atomic E-state index is 12.3. The fourth-order valence-corrected chi connectivity index (χ4v) is 4.31. The van der Waals surface area contributed by atoms with E-state index < -0.39 is 10.0 Å². The van der Waals surface area contributed by atoms with E-state index in [0.717, 1.165) is 25.7 Å². The summed E-state index contributed by atoms with van der Waals surface area (Å²) in [6.07, 6.45) is 5.37. The zero-order valence-corrected chi connectivity index (χ0v) is 12.7. The molecule has 0 radical (unpaired) electrons. The molecule has 1 aliphatic rings. The highest BCUT2D eigenvalue weighted by atomic mass is 35.5. The Hall–Kier alpha value is 0.160. The van der Waals surface area contributed by atoms with Crippen molar-refractivity contribution in [2.75, 3.05) is 31.4 Å². The second kappa shape index (κ2) is 8.35.